The Bertz CT molecular complexity index is 802. The molecule has 2 aromatic rings. The van der Waals surface area contributed by atoms with Crippen LogP contribution in [-0.4, -0.2) is 42.9 Å². The number of hydrogen-bond donors (Lipinski definition) is 1. The highest BCUT2D eigenvalue weighted by molar-refractivity contribution is 7.92. The molecular formula is C16H20N4O3S. The van der Waals surface area contributed by atoms with Gasteiger partial charge in [0.15, 0.2) is 0 Å². The van der Waals surface area contributed by atoms with Gasteiger partial charge in [-0.3, -0.25) is 13.8 Å². The lowest BCUT2D eigenvalue weighted by Crippen LogP contribution is -2.37. The zero-order chi connectivity index (χ0) is 17.0. The van der Waals surface area contributed by atoms with Crippen molar-refractivity contribution in [2.45, 2.75) is 19.4 Å². The van der Waals surface area contributed by atoms with Crippen molar-refractivity contribution in [1.29, 1.82) is 0 Å². The van der Waals surface area contributed by atoms with Gasteiger partial charge in [-0.2, -0.15) is 5.10 Å². The first-order valence-electron chi connectivity index (χ1n) is 7.89. The van der Waals surface area contributed by atoms with E-state index < -0.39 is 10.0 Å². The number of sulfonamides is 1. The Morgan fingerprint density at radius 1 is 1.25 bits per heavy atom. The van der Waals surface area contributed by atoms with Crippen LogP contribution in [0.3, 0.4) is 0 Å². The number of benzene rings is 1. The quantitative estimate of drug-likeness (QED) is 0.801. The zero-order valence-electron chi connectivity index (χ0n) is 13.3. The van der Waals surface area contributed by atoms with Crippen molar-refractivity contribution < 1.29 is 13.2 Å². The minimum Gasteiger partial charge on any atom is -0.355 e. The number of para-hydroxylation sites is 1. The molecule has 0 saturated carbocycles. The van der Waals surface area contributed by atoms with Crippen molar-refractivity contribution in [1.82, 2.24) is 15.1 Å². The van der Waals surface area contributed by atoms with E-state index in [4.69, 9.17) is 0 Å². The smallest absolute Gasteiger partial charge is 0.236 e. The maximum absolute atomic E-state index is 12.5. The Balaban J connectivity index is 1.48. The van der Waals surface area contributed by atoms with Gasteiger partial charge in [0.1, 0.15) is 0 Å². The molecule has 2 heterocycles. The highest BCUT2D eigenvalue weighted by atomic mass is 32.2. The molecule has 1 aliphatic heterocycles. The molecule has 0 aliphatic carbocycles. The van der Waals surface area contributed by atoms with Gasteiger partial charge < -0.3 is 5.32 Å². The summed E-state index contributed by atoms with van der Waals surface area (Å²) in [5, 5.41) is 6.68. The van der Waals surface area contributed by atoms with Crippen LogP contribution in [0.15, 0.2) is 42.7 Å². The van der Waals surface area contributed by atoms with Crippen molar-refractivity contribution in [2.24, 2.45) is 0 Å². The Morgan fingerprint density at radius 3 is 2.88 bits per heavy atom. The van der Waals surface area contributed by atoms with E-state index in [1.54, 1.807) is 23.1 Å². The zero-order valence-corrected chi connectivity index (χ0v) is 14.1. The van der Waals surface area contributed by atoms with E-state index in [1.807, 2.05) is 24.3 Å². The highest BCUT2D eigenvalue weighted by Crippen LogP contribution is 2.29. The molecule has 0 saturated heterocycles. The number of anilines is 1. The predicted molar refractivity (Wildman–Crippen MR) is 91.1 cm³/mol. The van der Waals surface area contributed by atoms with E-state index in [0.717, 1.165) is 17.7 Å². The first kappa shape index (κ1) is 16.5. The molecule has 1 aliphatic rings. The SMILES string of the molecule is O=C(CCn1cccn1)NCCS(=O)(=O)N1CCc2ccccc21. The molecule has 128 valence electrons. The summed E-state index contributed by atoms with van der Waals surface area (Å²) in [5.41, 5.74) is 1.80. The van der Waals surface area contributed by atoms with Crippen molar-refractivity contribution >= 4 is 21.6 Å². The molecule has 1 aromatic heterocycles. The summed E-state index contributed by atoms with van der Waals surface area (Å²) >= 11 is 0. The third-order valence-corrected chi connectivity index (χ3v) is 5.76. The number of carbonyl (C=O) groups excluding carboxylic acids is 1. The number of nitrogens with zero attached hydrogens (tertiary/aromatic N) is 3. The van der Waals surface area contributed by atoms with Gasteiger partial charge in [-0.1, -0.05) is 18.2 Å². The van der Waals surface area contributed by atoms with Crippen LogP contribution in [0.5, 0.6) is 0 Å². The number of carbonyl (C=O) groups is 1. The second-order valence-electron chi connectivity index (χ2n) is 5.64. The van der Waals surface area contributed by atoms with Crippen LogP contribution < -0.4 is 9.62 Å². The minimum atomic E-state index is -3.43. The number of nitrogens with one attached hydrogen (secondary N) is 1. The van der Waals surface area contributed by atoms with Crippen molar-refractivity contribution in [2.75, 3.05) is 23.1 Å². The van der Waals surface area contributed by atoms with Crippen LogP contribution in [-0.2, 0) is 27.8 Å². The summed E-state index contributed by atoms with van der Waals surface area (Å²) in [7, 11) is -3.43. The molecule has 8 heteroatoms. The van der Waals surface area contributed by atoms with Crippen LogP contribution in [0, 0.1) is 0 Å². The summed E-state index contributed by atoms with van der Waals surface area (Å²) in [4.78, 5) is 11.8. The fourth-order valence-corrected chi connectivity index (χ4v) is 4.19. The lowest BCUT2D eigenvalue weighted by atomic mass is 10.2. The molecule has 0 spiro atoms. The first-order chi connectivity index (χ1) is 11.6. The third-order valence-electron chi connectivity index (χ3n) is 3.99. The standard InChI is InChI=1S/C16H20N4O3S/c21-16(7-11-19-10-3-8-18-19)17-9-13-24(22,23)20-12-6-14-4-1-2-5-15(14)20/h1-5,8,10H,6-7,9,11-13H2,(H,17,21). The van der Waals surface area contributed by atoms with Gasteiger partial charge in [0.25, 0.3) is 0 Å². The molecule has 1 amide bonds. The normalized spacial score (nSPS) is 13.8. The molecule has 0 radical (unpaired) electrons. The minimum absolute atomic E-state index is 0.102. The topological polar surface area (TPSA) is 84.3 Å². The Kier molecular flexibility index (Phi) is 4.84. The van der Waals surface area contributed by atoms with Crippen LogP contribution in [0.4, 0.5) is 5.69 Å². The van der Waals surface area contributed by atoms with E-state index in [9.17, 15) is 13.2 Å². The van der Waals surface area contributed by atoms with Crippen LogP contribution in [0.25, 0.3) is 0 Å². The van der Waals surface area contributed by atoms with E-state index in [1.165, 1.54) is 4.31 Å². The summed E-state index contributed by atoms with van der Waals surface area (Å²) in [6.07, 6.45) is 4.43. The Hall–Kier alpha value is -2.35. The second kappa shape index (κ2) is 7.04. The lowest BCUT2D eigenvalue weighted by molar-refractivity contribution is -0.121. The van der Waals surface area contributed by atoms with Gasteiger partial charge in [0.05, 0.1) is 11.4 Å². The number of amides is 1. The van der Waals surface area contributed by atoms with Gasteiger partial charge in [0, 0.05) is 38.4 Å². The van der Waals surface area contributed by atoms with E-state index >= 15 is 0 Å². The van der Waals surface area contributed by atoms with Gasteiger partial charge in [-0.25, -0.2) is 8.42 Å². The lowest BCUT2D eigenvalue weighted by Gasteiger charge is -2.19. The van der Waals surface area contributed by atoms with Gasteiger partial charge in [-0.05, 0) is 24.1 Å². The molecule has 0 unspecified atom stereocenters. The van der Waals surface area contributed by atoms with Crippen molar-refractivity contribution in [3.05, 3.63) is 48.3 Å². The maximum Gasteiger partial charge on any atom is 0.236 e. The monoisotopic (exact) mass is 348 g/mol. The number of hydrogen-bond acceptors (Lipinski definition) is 4. The van der Waals surface area contributed by atoms with Crippen molar-refractivity contribution in [3.63, 3.8) is 0 Å². The Morgan fingerprint density at radius 2 is 2.08 bits per heavy atom. The maximum atomic E-state index is 12.5. The highest BCUT2D eigenvalue weighted by Gasteiger charge is 2.28. The largest absolute Gasteiger partial charge is 0.355 e. The predicted octanol–water partition coefficient (Wildman–Crippen LogP) is 0.782. The molecule has 3 rings (SSSR count). The van der Waals surface area contributed by atoms with Gasteiger partial charge in [-0.15, -0.1) is 0 Å². The molecule has 7 nitrogen and oxygen atoms in total. The van der Waals surface area contributed by atoms with E-state index in [-0.39, 0.29) is 24.6 Å². The van der Waals surface area contributed by atoms with Gasteiger partial charge in [0.2, 0.25) is 15.9 Å². The molecule has 0 bridgehead atoms. The first-order valence-corrected chi connectivity index (χ1v) is 9.50. The third kappa shape index (κ3) is 3.76. The molecule has 24 heavy (non-hydrogen) atoms. The summed E-state index contributed by atoms with van der Waals surface area (Å²) < 4.78 is 28.1. The van der Waals surface area contributed by atoms with Crippen LogP contribution in [0.2, 0.25) is 0 Å². The van der Waals surface area contributed by atoms with Crippen molar-refractivity contribution in [3.8, 4) is 0 Å². The van der Waals surface area contributed by atoms with E-state index in [2.05, 4.69) is 10.4 Å². The molecule has 1 aromatic carbocycles. The average molecular weight is 348 g/mol. The summed E-state index contributed by atoms with van der Waals surface area (Å²) in [6.45, 7) is 1.05. The van der Waals surface area contributed by atoms with Crippen LogP contribution >= 0.6 is 0 Å². The van der Waals surface area contributed by atoms with Gasteiger partial charge >= 0.3 is 0 Å². The molecule has 1 N–H and O–H groups in total. The Labute approximate surface area is 141 Å². The second-order valence-corrected chi connectivity index (χ2v) is 7.65. The fourth-order valence-electron chi connectivity index (χ4n) is 2.76. The summed E-state index contributed by atoms with van der Waals surface area (Å²) in [5.74, 6) is -0.281. The van der Waals surface area contributed by atoms with E-state index in [0.29, 0.717) is 13.1 Å². The number of fused-ring (bicyclic) bond motifs is 1. The average Bonchev–Trinajstić information content (AvgIpc) is 3.22. The molecule has 0 atom stereocenters. The number of aromatic nitrogens is 2. The number of rotatable bonds is 7. The van der Waals surface area contributed by atoms with Crippen LogP contribution in [0.1, 0.15) is 12.0 Å². The summed E-state index contributed by atoms with van der Waals surface area (Å²) in [6, 6.07) is 9.31. The fraction of sp³-hybridized carbons (Fsp3) is 0.375. The molecule has 0 fully saturated rings. The molecular weight excluding hydrogens is 328 g/mol. The number of aryl methyl sites for hydroxylation is 1.